The van der Waals surface area contributed by atoms with Crippen LogP contribution in [-0.4, -0.2) is 61.8 Å². The Hall–Kier alpha value is -2.71. The van der Waals surface area contributed by atoms with E-state index < -0.39 is 0 Å². The third-order valence-electron chi connectivity index (χ3n) is 6.04. The normalized spacial score (nSPS) is 14.5. The second-order valence-corrected chi connectivity index (χ2v) is 9.72. The SMILES string of the molecule is Cc1ccc(Cl)c2sc(N(CCN3CCOCC3)C(=O)COc3ccc4ccccc4c3)nc12. The molecule has 0 radical (unpaired) electrons. The van der Waals surface area contributed by atoms with Gasteiger partial charge in [0.1, 0.15) is 5.75 Å². The highest BCUT2D eigenvalue weighted by atomic mass is 35.5. The van der Waals surface area contributed by atoms with Gasteiger partial charge in [0, 0.05) is 26.2 Å². The van der Waals surface area contributed by atoms with Crippen LogP contribution in [0.2, 0.25) is 5.02 Å². The number of amides is 1. The fourth-order valence-corrected chi connectivity index (χ4v) is 5.44. The number of hydrogen-bond donors (Lipinski definition) is 0. The van der Waals surface area contributed by atoms with Crippen molar-refractivity contribution in [3.8, 4) is 5.75 Å². The Morgan fingerprint density at radius 1 is 1.15 bits per heavy atom. The number of rotatable bonds is 7. The molecule has 1 saturated heterocycles. The van der Waals surface area contributed by atoms with Crippen molar-refractivity contribution < 1.29 is 14.3 Å². The van der Waals surface area contributed by atoms with Gasteiger partial charge in [-0.3, -0.25) is 14.6 Å². The number of hydrogen-bond acceptors (Lipinski definition) is 6. The van der Waals surface area contributed by atoms with Gasteiger partial charge in [-0.25, -0.2) is 4.98 Å². The molecule has 0 spiro atoms. The fourth-order valence-electron chi connectivity index (χ4n) is 4.08. The summed E-state index contributed by atoms with van der Waals surface area (Å²) < 4.78 is 12.3. The zero-order valence-corrected chi connectivity index (χ0v) is 20.6. The molecule has 8 heteroatoms. The van der Waals surface area contributed by atoms with E-state index in [-0.39, 0.29) is 12.5 Å². The first-order valence-corrected chi connectivity index (χ1v) is 12.6. The maximum atomic E-state index is 13.4. The van der Waals surface area contributed by atoms with Crippen LogP contribution in [0.5, 0.6) is 5.75 Å². The molecule has 1 aliphatic heterocycles. The lowest BCUT2D eigenvalue weighted by Crippen LogP contribution is -2.44. The molecule has 0 atom stereocenters. The van der Waals surface area contributed by atoms with Gasteiger partial charge in [-0.2, -0.15) is 0 Å². The molecule has 1 fully saturated rings. The van der Waals surface area contributed by atoms with Crippen LogP contribution in [0.15, 0.2) is 54.6 Å². The zero-order chi connectivity index (χ0) is 23.5. The molecule has 5 rings (SSSR count). The van der Waals surface area contributed by atoms with Crippen molar-refractivity contribution in [3.05, 3.63) is 65.2 Å². The van der Waals surface area contributed by atoms with Gasteiger partial charge in [0.05, 0.1) is 28.5 Å². The fraction of sp³-hybridized carbons (Fsp3) is 0.308. The average molecular weight is 496 g/mol. The number of aryl methyl sites for hydroxylation is 1. The Morgan fingerprint density at radius 3 is 2.74 bits per heavy atom. The number of halogens is 1. The van der Waals surface area contributed by atoms with Crippen molar-refractivity contribution >= 4 is 55.0 Å². The molecule has 34 heavy (non-hydrogen) atoms. The van der Waals surface area contributed by atoms with Crippen LogP contribution in [0.4, 0.5) is 5.13 Å². The smallest absolute Gasteiger partial charge is 0.266 e. The number of aromatic nitrogens is 1. The summed E-state index contributed by atoms with van der Waals surface area (Å²) in [5, 5.41) is 3.51. The molecule has 3 aromatic carbocycles. The minimum atomic E-state index is -0.130. The van der Waals surface area contributed by atoms with E-state index >= 15 is 0 Å². The summed E-state index contributed by atoms with van der Waals surface area (Å²) in [5.74, 6) is 0.539. The summed E-state index contributed by atoms with van der Waals surface area (Å²) >= 11 is 7.88. The highest BCUT2D eigenvalue weighted by Gasteiger charge is 2.23. The summed E-state index contributed by atoms with van der Waals surface area (Å²) in [6, 6.07) is 17.8. The lowest BCUT2D eigenvalue weighted by Gasteiger charge is -2.29. The number of thiazole rings is 1. The van der Waals surface area contributed by atoms with Crippen LogP contribution in [0.1, 0.15) is 5.56 Å². The predicted molar refractivity (Wildman–Crippen MR) is 138 cm³/mol. The van der Waals surface area contributed by atoms with E-state index in [0.717, 1.165) is 59.4 Å². The van der Waals surface area contributed by atoms with Gasteiger partial charge in [-0.05, 0) is 41.5 Å². The van der Waals surface area contributed by atoms with Gasteiger partial charge in [0.25, 0.3) is 5.91 Å². The van der Waals surface area contributed by atoms with Crippen molar-refractivity contribution in [1.29, 1.82) is 0 Å². The molecule has 4 aromatic rings. The minimum absolute atomic E-state index is 0.0654. The van der Waals surface area contributed by atoms with Gasteiger partial charge in [0.2, 0.25) is 0 Å². The summed E-state index contributed by atoms with van der Waals surface area (Å²) in [4.78, 5) is 22.2. The predicted octanol–water partition coefficient (Wildman–Crippen LogP) is 5.16. The molecule has 6 nitrogen and oxygen atoms in total. The monoisotopic (exact) mass is 495 g/mol. The van der Waals surface area contributed by atoms with Crippen LogP contribution >= 0.6 is 22.9 Å². The topological polar surface area (TPSA) is 54.9 Å². The zero-order valence-electron chi connectivity index (χ0n) is 19.0. The Balaban J connectivity index is 1.36. The summed E-state index contributed by atoms with van der Waals surface area (Å²) in [6.45, 7) is 6.36. The van der Waals surface area contributed by atoms with Gasteiger partial charge in [-0.1, -0.05) is 59.3 Å². The average Bonchev–Trinajstić information content (AvgIpc) is 3.32. The second kappa shape index (κ2) is 10.3. The maximum Gasteiger partial charge on any atom is 0.266 e. The van der Waals surface area contributed by atoms with Crippen LogP contribution in [0.25, 0.3) is 21.0 Å². The largest absolute Gasteiger partial charge is 0.484 e. The molecule has 2 heterocycles. The molecular formula is C26H26ClN3O3S. The van der Waals surface area contributed by atoms with Crippen molar-refractivity contribution in [3.63, 3.8) is 0 Å². The first-order chi connectivity index (χ1) is 16.6. The molecular weight excluding hydrogens is 470 g/mol. The highest BCUT2D eigenvalue weighted by Crippen LogP contribution is 2.35. The van der Waals surface area contributed by atoms with E-state index in [2.05, 4.69) is 11.0 Å². The van der Waals surface area contributed by atoms with Crippen LogP contribution in [0.3, 0.4) is 0 Å². The number of fused-ring (bicyclic) bond motifs is 2. The molecule has 176 valence electrons. The van der Waals surface area contributed by atoms with Crippen molar-refractivity contribution in [2.75, 3.05) is 50.9 Å². The van der Waals surface area contributed by atoms with E-state index in [1.807, 2.05) is 55.5 Å². The van der Waals surface area contributed by atoms with E-state index in [1.54, 1.807) is 4.90 Å². The molecule has 0 aliphatic carbocycles. The molecule has 1 aromatic heterocycles. The highest BCUT2D eigenvalue weighted by molar-refractivity contribution is 7.23. The Labute approximate surface area is 207 Å². The summed E-state index contributed by atoms with van der Waals surface area (Å²) in [6.07, 6.45) is 0. The van der Waals surface area contributed by atoms with Crippen LogP contribution in [0, 0.1) is 6.92 Å². The molecule has 1 amide bonds. The molecule has 0 saturated carbocycles. The standard InChI is InChI=1S/C26H26ClN3O3S/c1-18-6-9-22(27)25-24(18)28-26(34-25)30(11-10-29-12-14-32-15-13-29)23(31)17-33-21-8-7-19-4-2-3-5-20(19)16-21/h2-9,16H,10-15,17H2,1H3. The number of carbonyl (C=O) groups is 1. The number of anilines is 1. The van der Waals surface area contributed by atoms with Gasteiger partial charge >= 0.3 is 0 Å². The van der Waals surface area contributed by atoms with E-state index in [0.29, 0.717) is 22.4 Å². The second-order valence-electron chi connectivity index (χ2n) is 8.34. The summed E-state index contributed by atoms with van der Waals surface area (Å²) in [5.41, 5.74) is 1.88. The minimum Gasteiger partial charge on any atom is -0.484 e. The molecule has 0 unspecified atom stereocenters. The maximum absolute atomic E-state index is 13.4. The van der Waals surface area contributed by atoms with Crippen LogP contribution in [-0.2, 0) is 9.53 Å². The third kappa shape index (κ3) is 5.03. The Kier molecular flexibility index (Phi) is 6.97. The first kappa shape index (κ1) is 23.1. The van der Waals surface area contributed by atoms with Gasteiger partial charge in [-0.15, -0.1) is 0 Å². The van der Waals surface area contributed by atoms with Crippen LogP contribution < -0.4 is 9.64 Å². The lowest BCUT2D eigenvalue weighted by molar-refractivity contribution is -0.120. The third-order valence-corrected chi connectivity index (χ3v) is 7.58. The van der Waals surface area contributed by atoms with Crippen molar-refractivity contribution in [2.24, 2.45) is 0 Å². The lowest BCUT2D eigenvalue weighted by atomic mass is 10.1. The number of nitrogens with zero attached hydrogens (tertiary/aromatic N) is 3. The number of carbonyl (C=O) groups excluding carboxylic acids is 1. The molecule has 0 bridgehead atoms. The summed E-state index contributed by atoms with van der Waals surface area (Å²) in [7, 11) is 0. The van der Waals surface area contributed by atoms with Crippen molar-refractivity contribution in [1.82, 2.24) is 9.88 Å². The van der Waals surface area contributed by atoms with E-state index in [4.69, 9.17) is 26.1 Å². The quantitative estimate of drug-likeness (QED) is 0.354. The van der Waals surface area contributed by atoms with E-state index in [1.165, 1.54) is 11.3 Å². The number of morpholine rings is 1. The molecule has 0 N–H and O–H groups in total. The van der Waals surface area contributed by atoms with E-state index in [9.17, 15) is 4.79 Å². The van der Waals surface area contributed by atoms with Crippen molar-refractivity contribution in [2.45, 2.75) is 6.92 Å². The van der Waals surface area contributed by atoms with Gasteiger partial charge in [0.15, 0.2) is 11.7 Å². The number of benzene rings is 3. The Bertz CT molecular complexity index is 1280. The molecule has 1 aliphatic rings. The number of ether oxygens (including phenoxy) is 2. The first-order valence-electron chi connectivity index (χ1n) is 11.4. The van der Waals surface area contributed by atoms with Gasteiger partial charge < -0.3 is 9.47 Å². The Morgan fingerprint density at radius 2 is 1.94 bits per heavy atom.